The number of thiophene rings is 1. The highest BCUT2D eigenvalue weighted by molar-refractivity contribution is 7.18. The van der Waals surface area contributed by atoms with E-state index in [1.165, 1.54) is 27.2 Å². The first-order chi connectivity index (χ1) is 13.7. The van der Waals surface area contributed by atoms with Crippen molar-refractivity contribution < 1.29 is 28.3 Å². The number of amides is 1. The molecule has 2 aromatic heterocycles. The van der Waals surface area contributed by atoms with E-state index in [2.05, 4.69) is 5.32 Å². The monoisotopic (exact) mass is 417 g/mol. The number of carbonyl (C=O) groups is 3. The lowest BCUT2D eigenvalue weighted by Crippen LogP contribution is -2.15. The van der Waals surface area contributed by atoms with Gasteiger partial charge in [0.15, 0.2) is 5.88 Å². The van der Waals surface area contributed by atoms with Gasteiger partial charge in [-0.05, 0) is 18.6 Å². The third kappa shape index (κ3) is 4.64. The zero-order valence-electron chi connectivity index (χ0n) is 16.5. The Kier molecular flexibility index (Phi) is 6.80. The maximum atomic E-state index is 12.6. The van der Waals surface area contributed by atoms with E-state index in [1.807, 2.05) is 0 Å². The summed E-state index contributed by atoms with van der Waals surface area (Å²) in [6.45, 7) is 1.54. The number of rotatable bonds is 6. The summed E-state index contributed by atoms with van der Waals surface area (Å²) in [5.41, 5.74) is 0.0933. The summed E-state index contributed by atoms with van der Waals surface area (Å²) < 4.78 is 15.0. The molecule has 2 aromatic rings. The molecule has 0 fully saturated rings. The molecule has 0 atom stereocenters. The molecule has 0 aliphatic heterocycles. The Morgan fingerprint density at radius 2 is 1.86 bits per heavy atom. The van der Waals surface area contributed by atoms with Crippen molar-refractivity contribution in [2.24, 2.45) is 0 Å². The summed E-state index contributed by atoms with van der Waals surface area (Å²) in [7, 11) is 5.97. The molecule has 2 heterocycles. The van der Waals surface area contributed by atoms with Crippen molar-refractivity contribution in [3.8, 4) is 6.07 Å². The van der Waals surface area contributed by atoms with Crippen LogP contribution in [0.1, 0.15) is 31.4 Å². The number of nitriles is 1. The fraction of sp³-hybridized carbons (Fsp3) is 0.263. The molecule has 9 nitrogen and oxygen atoms in total. The third-order valence-electron chi connectivity index (χ3n) is 3.84. The Labute approximate surface area is 171 Å². The molecule has 0 saturated carbocycles. The first kappa shape index (κ1) is 21.7. The average Bonchev–Trinajstić information content (AvgIpc) is 3.29. The largest absolute Gasteiger partial charge is 0.465 e. The number of ether oxygens (including phenoxy) is 2. The van der Waals surface area contributed by atoms with Crippen LogP contribution >= 0.6 is 11.3 Å². The van der Waals surface area contributed by atoms with E-state index in [9.17, 15) is 19.6 Å². The van der Waals surface area contributed by atoms with Crippen LogP contribution in [0.2, 0.25) is 0 Å². The Morgan fingerprint density at radius 3 is 2.38 bits per heavy atom. The van der Waals surface area contributed by atoms with Gasteiger partial charge in [0.2, 0.25) is 0 Å². The van der Waals surface area contributed by atoms with Gasteiger partial charge in [0, 0.05) is 26.2 Å². The third-order valence-corrected chi connectivity index (χ3v) is 5.03. The molecule has 10 heteroatoms. The molecule has 0 radical (unpaired) electrons. The number of hydrogen-bond acceptors (Lipinski definition) is 9. The predicted octanol–water partition coefficient (Wildman–Crippen LogP) is 2.83. The highest BCUT2D eigenvalue weighted by Crippen LogP contribution is 2.34. The smallest absolute Gasteiger partial charge is 0.348 e. The van der Waals surface area contributed by atoms with Gasteiger partial charge < -0.3 is 24.1 Å². The SMILES string of the molecule is COC(=O)c1sc(NC(=O)C(C#N)=Cc2ccc(N(C)C)o2)c(C(=O)OC)c1C. The molecule has 1 amide bonds. The van der Waals surface area contributed by atoms with E-state index >= 15 is 0 Å². The van der Waals surface area contributed by atoms with Crippen molar-refractivity contribution in [2.75, 3.05) is 38.5 Å². The molecule has 0 bridgehead atoms. The number of nitrogens with one attached hydrogen (secondary N) is 1. The summed E-state index contributed by atoms with van der Waals surface area (Å²) >= 11 is 0.859. The van der Waals surface area contributed by atoms with E-state index in [-0.39, 0.29) is 21.0 Å². The molecule has 0 saturated heterocycles. The van der Waals surface area contributed by atoms with Gasteiger partial charge in [0.1, 0.15) is 27.3 Å². The number of esters is 2. The van der Waals surface area contributed by atoms with Crippen LogP contribution in [0.5, 0.6) is 0 Å². The van der Waals surface area contributed by atoms with Crippen LogP contribution in [0.3, 0.4) is 0 Å². The summed E-state index contributed by atoms with van der Waals surface area (Å²) in [6, 6.07) is 5.11. The lowest BCUT2D eigenvalue weighted by atomic mass is 10.1. The maximum absolute atomic E-state index is 12.6. The number of anilines is 2. The number of carbonyl (C=O) groups excluding carboxylic acids is 3. The molecule has 1 N–H and O–H groups in total. The number of methoxy groups -OCH3 is 2. The Bertz CT molecular complexity index is 1030. The predicted molar refractivity (Wildman–Crippen MR) is 107 cm³/mol. The Hall–Kier alpha value is -3.58. The summed E-state index contributed by atoms with van der Waals surface area (Å²) in [5.74, 6) is -1.28. The fourth-order valence-corrected chi connectivity index (χ4v) is 3.47. The molecule has 0 unspecified atom stereocenters. The zero-order valence-corrected chi connectivity index (χ0v) is 17.3. The molecule has 2 rings (SSSR count). The topological polar surface area (TPSA) is 122 Å². The van der Waals surface area contributed by atoms with E-state index in [0.717, 1.165) is 11.3 Å². The lowest BCUT2D eigenvalue weighted by molar-refractivity contribution is -0.112. The number of hydrogen-bond donors (Lipinski definition) is 1. The number of furan rings is 1. The van der Waals surface area contributed by atoms with Crippen LogP contribution in [-0.2, 0) is 14.3 Å². The standard InChI is InChI=1S/C19H19N3O6S/c1-10-14(18(24)26-4)17(29-15(10)19(25)27-5)21-16(23)11(9-20)8-12-6-7-13(28-12)22(2)3/h6-8H,1-5H3,(H,21,23). The Morgan fingerprint density at radius 1 is 1.21 bits per heavy atom. The van der Waals surface area contributed by atoms with E-state index < -0.39 is 17.8 Å². The minimum Gasteiger partial charge on any atom is -0.465 e. The lowest BCUT2D eigenvalue weighted by Gasteiger charge is -2.06. The highest BCUT2D eigenvalue weighted by Gasteiger charge is 2.27. The van der Waals surface area contributed by atoms with Gasteiger partial charge in [-0.15, -0.1) is 11.3 Å². The number of nitrogens with zero attached hydrogens (tertiary/aromatic N) is 2. The van der Waals surface area contributed by atoms with Crippen molar-refractivity contribution in [2.45, 2.75) is 6.92 Å². The summed E-state index contributed by atoms with van der Waals surface area (Å²) in [6.07, 6.45) is 1.28. The van der Waals surface area contributed by atoms with E-state index in [1.54, 1.807) is 37.2 Å². The molecular formula is C19H19N3O6S. The van der Waals surface area contributed by atoms with Crippen LogP contribution in [0.25, 0.3) is 6.08 Å². The van der Waals surface area contributed by atoms with Crippen molar-refractivity contribution in [1.82, 2.24) is 0 Å². The van der Waals surface area contributed by atoms with Crippen LogP contribution in [0.15, 0.2) is 22.1 Å². The first-order valence-electron chi connectivity index (χ1n) is 8.23. The highest BCUT2D eigenvalue weighted by atomic mass is 32.1. The molecule has 0 aliphatic rings. The average molecular weight is 417 g/mol. The molecule has 152 valence electrons. The van der Waals surface area contributed by atoms with Gasteiger partial charge in [-0.1, -0.05) is 0 Å². The van der Waals surface area contributed by atoms with Crippen LogP contribution in [0.4, 0.5) is 10.9 Å². The second kappa shape index (κ2) is 9.07. The van der Waals surface area contributed by atoms with Gasteiger partial charge in [-0.25, -0.2) is 9.59 Å². The van der Waals surface area contributed by atoms with Crippen molar-refractivity contribution in [3.63, 3.8) is 0 Å². The fourth-order valence-electron chi connectivity index (χ4n) is 2.36. The molecule has 29 heavy (non-hydrogen) atoms. The first-order valence-corrected chi connectivity index (χ1v) is 9.05. The minimum absolute atomic E-state index is 0.0245. The second-order valence-electron chi connectivity index (χ2n) is 5.94. The Balaban J connectivity index is 2.39. The van der Waals surface area contributed by atoms with E-state index in [0.29, 0.717) is 17.2 Å². The van der Waals surface area contributed by atoms with Crippen molar-refractivity contribution in [3.05, 3.63) is 39.5 Å². The van der Waals surface area contributed by atoms with Crippen LogP contribution in [-0.4, -0.2) is 46.2 Å². The van der Waals surface area contributed by atoms with Gasteiger partial charge >= 0.3 is 11.9 Å². The van der Waals surface area contributed by atoms with Gasteiger partial charge in [-0.2, -0.15) is 5.26 Å². The molecular weight excluding hydrogens is 398 g/mol. The van der Waals surface area contributed by atoms with Crippen molar-refractivity contribution in [1.29, 1.82) is 5.26 Å². The summed E-state index contributed by atoms with van der Waals surface area (Å²) in [5, 5.41) is 11.9. The molecule has 0 aliphatic carbocycles. The van der Waals surface area contributed by atoms with Gasteiger partial charge in [0.05, 0.1) is 19.8 Å². The normalized spacial score (nSPS) is 10.8. The van der Waals surface area contributed by atoms with Gasteiger partial charge in [-0.3, -0.25) is 4.79 Å². The summed E-state index contributed by atoms with van der Waals surface area (Å²) in [4.78, 5) is 38.5. The van der Waals surface area contributed by atoms with Crippen LogP contribution < -0.4 is 10.2 Å². The quantitative estimate of drug-likeness (QED) is 0.432. The maximum Gasteiger partial charge on any atom is 0.348 e. The van der Waals surface area contributed by atoms with Crippen molar-refractivity contribution >= 4 is 46.1 Å². The van der Waals surface area contributed by atoms with E-state index in [4.69, 9.17) is 13.9 Å². The second-order valence-corrected chi connectivity index (χ2v) is 6.96. The minimum atomic E-state index is -0.766. The molecule has 0 spiro atoms. The van der Waals surface area contributed by atoms with Crippen LogP contribution in [0, 0.1) is 18.3 Å². The molecule has 0 aromatic carbocycles. The van der Waals surface area contributed by atoms with Gasteiger partial charge in [0.25, 0.3) is 5.91 Å². The zero-order chi connectivity index (χ0) is 21.7.